The Hall–Kier alpha value is -2.04. The summed E-state index contributed by atoms with van der Waals surface area (Å²) in [5.74, 6) is -0.134. The first-order valence-corrected chi connectivity index (χ1v) is 6.86. The molecule has 0 saturated carbocycles. The summed E-state index contributed by atoms with van der Waals surface area (Å²) < 4.78 is 0. The van der Waals surface area contributed by atoms with Gasteiger partial charge in [-0.2, -0.15) is 0 Å². The van der Waals surface area contributed by atoms with Crippen LogP contribution in [0.2, 0.25) is 0 Å². The van der Waals surface area contributed by atoms with Crippen molar-refractivity contribution in [2.45, 2.75) is 26.8 Å². The number of nitrogens with zero attached hydrogens (tertiary/aromatic N) is 1. The molecule has 1 aromatic carbocycles. The molecule has 0 aliphatic carbocycles. The van der Waals surface area contributed by atoms with Crippen molar-refractivity contribution in [3.8, 4) is 0 Å². The number of rotatable bonds is 2. The van der Waals surface area contributed by atoms with Gasteiger partial charge in [0.2, 0.25) is 5.91 Å². The van der Waals surface area contributed by atoms with Gasteiger partial charge in [0.25, 0.3) is 5.91 Å². The molecule has 1 heterocycles. The van der Waals surface area contributed by atoms with Crippen LogP contribution in [0.4, 0.5) is 5.69 Å². The van der Waals surface area contributed by atoms with Crippen molar-refractivity contribution in [1.29, 1.82) is 0 Å². The van der Waals surface area contributed by atoms with Gasteiger partial charge in [-0.1, -0.05) is 19.9 Å². The molecule has 0 bridgehead atoms. The van der Waals surface area contributed by atoms with Crippen molar-refractivity contribution < 1.29 is 9.59 Å². The van der Waals surface area contributed by atoms with Crippen molar-refractivity contribution in [2.24, 2.45) is 5.92 Å². The van der Waals surface area contributed by atoms with E-state index in [1.165, 1.54) is 0 Å². The summed E-state index contributed by atoms with van der Waals surface area (Å²) in [6, 6.07) is 4.87. The van der Waals surface area contributed by atoms with Gasteiger partial charge in [0, 0.05) is 24.3 Å². The molecule has 1 unspecified atom stereocenters. The van der Waals surface area contributed by atoms with Gasteiger partial charge >= 0.3 is 0 Å². The number of piperazine rings is 1. The first-order chi connectivity index (χ1) is 9.41. The van der Waals surface area contributed by atoms with Crippen LogP contribution in [0, 0.1) is 12.8 Å². The fourth-order valence-corrected chi connectivity index (χ4v) is 2.60. The van der Waals surface area contributed by atoms with Crippen LogP contribution in [0.5, 0.6) is 0 Å². The van der Waals surface area contributed by atoms with E-state index in [-0.39, 0.29) is 17.7 Å². The Morgan fingerprint density at radius 3 is 2.80 bits per heavy atom. The van der Waals surface area contributed by atoms with Crippen molar-refractivity contribution in [1.82, 2.24) is 10.2 Å². The van der Waals surface area contributed by atoms with Crippen LogP contribution in [0.3, 0.4) is 0 Å². The van der Waals surface area contributed by atoms with Crippen molar-refractivity contribution in [2.75, 3.05) is 18.8 Å². The maximum atomic E-state index is 12.7. The summed E-state index contributed by atoms with van der Waals surface area (Å²) in [7, 11) is 0. The molecular weight excluding hydrogens is 254 g/mol. The molecule has 1 saturated heterocycles. The zero-order chi connectivity index (χ0) is 14.9. The second kappa shape index (κ2) is 5.53. The van der Waals surface area contributed by atoms with Crippen LogP contribution in [0.1, 0.15) is 29.8 Å². The lowest BCUT2D eigenvalue weighted by Crippen LogP contribution is -2.59. The Kier molecular flexibility index (Phi) is 3.97. The molecule has 1 fully saturated rings. The van der Waals surface area contributed by atoms with Crippen molar-refractivity contribution in [3.63, 3.8) is 0 Å². The van der Waals surface area contributed by atoms with Gasteiger partial charge in [-0.15, -0.1) is 0 Å². The Morgan fingerprint density at radius 2 is 2.15 bits per heavy atom. The minimum Gasteiger partial charge on any atom is -0.399 e. The van der Waals surface area contributed by atoms with Gasteiger partial charge in [0.05, 0.1) is 0 Å². The highest BCUT2D eigenvalue weighted by molar-refractivity contribution is 6.00. The number of anilines is 1. The van der Waals surface area contributed by atoms with E-state index in [2.05, 4.69) is 5.32 Å². The largest absolute Gasteiger partial charge is 0.399 e. The zero-order valence-corrected chi connectivity index (χ0v) is 12.1. The monoisotopic (exact) mass is 275 g/mol. The van der Waals surface area contributed by atoms with E-state index in [0.29, 0.717) is 24.3 Å². The number of nitrogen functional groups attached to an aromatic ring is 1. The molecule has 108 valence electrons. The van der Waals surface area contributed by atoms with Gasteiger partial charge < -0.3 is 16.0 Å². The lowest BCUT2D eigenvalue weighted by molar-refractivity contribution is -0.129. The van der Waals surface area contributed by atoms with E-state index < -0.39 is 6.04 Å². The van der Waals surface area contributed by atoms with Gasteiger partial charge in [-0.25, -0.2) is 0 Å². The zero-order valence-electron chi connectivity index (χ0n) is 12.1. The predicted molar refractivity (Wildman–Crippen MR) is 78.3 cm³/mol. The van der Waals surface area contributed by atoms with Gasteiger partial charge in [0.15, 0.2) is 0 Å². The highest BCUT2D eigenvalue weighted by atomic mass is 16.2. The third-order valence-corrected chi connectivity index (χ3v) is 3.64. The number of nitrogens with one attached hydrogen (secondary N) is 1. The highest BCUT2D eigenvalue weighted by Gasteiger charge is 2.35. The summed E-state index contributed by atoms with van der Waals surface area (Å²) in [5, 5.41) is 2.82. The topological polar surface area (TPSA) is 75.4 Å². The predicted octanol–water partition coefficient (Wildman–Crippen LogP) is 1.17. The molecule has 5 nitrogen and oxygen atoms in total. The molecule has 2 rings (SSSR count). The first-order valence-electron chi connectivity index (χ1n) is 6.86. The number of carbonyl (C=O) groups excluding carboxylic acids is 2. The quantitative estimate of drug-likeness (QED) is 0.796. The van der Waals surface area contributed by atoms with Gasteiger partial charge in [0.1, 0.15) is 6.04 Å². The van der Waals surface area contributed by atoms with Crippen LogP contribution in [0.25, 0.3) is 0 Å². The summed E-state index contributed by atoms with van der Waals surface area (Å²) in [6.45, 7) is 6.79. The summed E-state index contributed by atoms with van der Waals surface area (Å²) >= 11 is 0. The van der Waals surface area contributed by atoms with E-state index in [1.54, 1.807) is 17.0 Å². The molecule has 1 aliphatic heterocycles. The smallest absolute Gasteiger partial charge is 0.254 e. The standard InChI is InChI=1S/C15H21N3O2/c1-9(2)13-14(19)17-6-7-18(13)15(20)12-8-11(16)5-4-10(12)3/h4-5,8-9,13H,6-7,16H2,1-3H3,(H,17,19). The molecule has 0 radical (unpaired) electrons. The van der Waals surface area contributed by atoms with E-state index in [0.717, 1.165) is 5.56 Å². The number of carbonyl (C=O) groups is 2. The van der Waals surface area contributed by atoms with E-state index >= 15 is 0 Å². The summed E-state index contributed by atoms with van der Waals surface area (Å²) in [4.78, 5) is 26.4. The fourth-order valence-electron chi connectivity index (χ4n) is 2.60. The molecule has 5 heteroatoms. The SMILES string of the molecule is Cc1ccc(N)cc1C(=O)N1CCNC(=O)C1C(C)C. The van der Waals surface area contributed by atoms with Crippen LogP contribution < -0.4 is 11.1 Å². The maximum Gasteiger partial charge on any atom is 0.254 e. The first kappa shape index (κ1) is 14.4. The number of aryl methyl sites for hydroxylation is 1. The molecule has 2 amide bonds. The maximum absolute atomic E-state index is 12.7. The molecule has 1 aromatic rings. The second-order valence-corrected chi connectivity index (χ2v) is 5.55. The summed E-state index contributed by atoms with van der Waals surface area (Å²) in [6.07, 6.45) is 0. The van der Waals surface area contributed by atoms with Crippen LogP contribution >= 0.6 is 0 Å². The average Bonchev–Trinajstić information content (AvgIpc) is 2.40. The molecule has 0 spiro atoms. The normalized spacial score (nSPS) is 19.1. The Morgan fingerprint density at radius 1 is 1.45 bits per heavy atom. The van der Waals surface area contributed by atoms with E-state index in [1.807, 2.05) is 26.8 Å². The lowest BCUT2D eigenvalue weighted by Gasteiger charge is -2.37. The van der Waals surface area contributed by atoms with Gasteiger partial charge in [-0.3, -0.25) is 9.59 Å². The van der Waals surface area contributed by atoms with E-state index in [4.69, 9.17) is 5.73 Å². The number of hydrogen-bond acceptors (Lipinski definition) is 3. The number of hydrogen-bond donors (Lipinski definition) is 2. The number of amides is 2. The minimum atomic E-state index is -0.419. The lowest BCUT2D eigenvalue weighted by atomic mass is 9.97. The average molecular weight is 275 g/mol. The second-order valence-electron chi connectivity index (χ2n) is 5.55. The molecule has 3 N–H and O–H groups in total. The third-order valence-electron chi connectivity index (χ3n) is 3.64. The number of nitrogens with two attached hydrogens (primary N) is 1. The molecule has 1 atom stereocenters. The summed E-state index contributed by atoms with van der Waals surface area (Å²) in [5.41, 5.74) is 7.77. The minimum absolute atomic E-state index is 0.0700. The van der Waals surface area contributed by atoms with Crippen LogP contribution in [0.15, 0.2) is 18.2 Å². The third kappa shape index (κ3) is 2.61. The highest BCUT2D eigenvalue weighted by Crippen LogP contribution is 2.20. The fraction of sp³-hybridized carbons (Fsp3) is 0.467. The molecular formula is C15H21N3O2. The number of benzene rings is 1. The Bertz CT molecular complexity index is 540. The van der Waals surface area contributed by atoms with Crippen molar-refractivity contribution >= 4 is 17.5 Å². The van der Waals surface area contributed by atoms with Gasteiger partial charge in [-0.05, 0) is 30.5 Å². The Labute approximate surface area is 119 Å². The van der Waals surface area contributed by atoms with E-state index in [9.17, 15) is 9.59 Å². The van der Waals surface area contributed by atoms with Crippen LogP contribution in [-0.4, -0.2) is 35.8 Å². The molecule has 20 heavy (non-hydrogen) atoms. The Balaban J connectivity index is 2.35. The molecule has 1 aliphatic rings. The van der Waals surface area contributed by atoms with Crippen molar-refractivity contribution in [3.05, 3.63) is 29.3 Å². The molecule has 0 aromatic heterocycles. The van der Waals surface area contributed by atoms with Crippen LogP contribution in [-0.2, 0) is 4.79 Å².